The summed E-state index contributed by atoms with van der Waals surface area (Å²) in [6.07, 6.45) is 1.30. The summed E-state index contributed by atoms with van der Waals surface area (Å²) in [4.78, 5) is 2.49. The number of hydrogen-bond acceptors (Lipinski definition) is 4. The SMILES string of the molecule is NCc1cccc(OCCN2CCCSCC2)c1. The zero-order valence-corrected chi connectivity index (χ0v) is 11.6. The second kappa shape index (κ2) is 7.67. The Bertz CT molecular complexity index is 351. The van der Waals surface area contributed by atoms with Gasteiger partial charge in [0.1, 0.15) is 12.4 Å². The number of rotatable bonds is 5. The molecule has 100 valence electrons. The van der Waals surface area contributed by atoms with E-state index in [1.165, 1.54) is 31.0 Å². The van der Waals surface area contributed by atoms with Gasteiger partial charge in [0.05, 0.1) is 0 Å². The highest BCUT2D eigenvalue weighted by atomic mass is 32.2. The monoisotopic (exact) mass is 266 g/mol. The number of ether oxygens (including phenoxy) is 1. The van der Waals surface area contributed by atoms with Crippen LogP contribution in [0.15, 0.2) is 24.3 Å². The first kappa shape index (κ1) is 13.7. The van der Waals surface area contributed by atoms with Gasteiger partial charge < -0.3 is 10.5 Å². The lowest BCUT2D eigenvalue weighted by atomic mass is 10.2. The number of benzene rings is 1. The van der Waals surface area contributed by atoms with E-state index < -0.39 is 0 Å². The first-order valence-electron chi connectivity index (χ1n) is 6.60. The van der Waals surface area contributed by atoms with Crippen molar-refractivity contribution in [3.05, 3.63) is 29.8 Å². The Hall–Kier alpha value is -0.710. The van der Waals surface area contributed by atoms with Crippen molar-refractivity contribution in [1.82, 2.24) is 4.90 Å². The Kier molecular flexibility index (Phi) is 5.84. The van der Waals surface area contributed by atoms with Crippen LogP contribution in [-0.2, 0) is 6.54 Å². The molecule has 0 spiro atoms. The van der Waals surface area contributed by atoms with E-state index in [0.717, 1.165) is 24.5 Å². The minimum atomic E-state index is 0.570. The van der Waals surface area contributed by atoms with Crippen LogP contribution in [0.5, 0.6) is 5.75 Å². The summed E-state index contributed by atoms with van der Waals surface area (Å²) in [6, 6.07) is 8.05. The van der Waals surface area contributed by atoms with Gasteiger partial charge in [-0.15, -0.1) is 0 Å². The molecule has 1 heterocycles. The molecule has 0 amide bonds. The zero-order valence-electron chi connectivity index (χ0n) is 10.8. The van der Waals surface area contributed by atoms with E-state index in [2.05, 4.69) is 16.7 Å². The topological polar surface area (TPSA) is 38.5 Å². The van der Waals surface area contributed by atoms with E-state index in [9.17, 15) is 0 Å². The van der Waals surface area contributed by atoms with Gasteiger partial charge in [0.2, 0.25) is 0 Å². The molecule has 0 atom stereocenters. The molecule has 4 heteroatoms. The largest absolute Gasteiger partial charge is 0.492 e. The summed E-state index contributed by atoms with van der Waals surface area (Å²) in [5.74, 6) is 3.49. The van der Waals surface area contributed by atoms with Crippen LogP contribution < -0.4 is 10.5 Å². The number of nitrogens with two attached hydrogens (primary N) is 1. The highest BCUT2D eigenvalue weighted by molar-refractivity contribution is 7.99. The van der Waals surface area contributed by atoms with Gasteiger partial charge in [0.15, 0.2) is 0 Å². The first-order chi connectivity index (χ1) is 8.88. The van der Waals surface area contributed by atoms with Crippen molar-refractivity contribution < 1.29 is 4.74 Å². The average Bonchev–Trinajstić information content (AvgIpc) is 2.68. The highest BCUT2D eigenvalue weighted by Crippen LogP contribution is 2.13. The van der Waals surface area contributed by atoms with Gasteiger partial charge in [-0.3, -0.25) is 4.90 Å². The molecular formula is C14H22N2OS. The predicted molar refractivity (Wildman–Crippen MR) is 78.2 cm³/mol. The standard InChI is InChI=1S/C14H22N2OS/c15-12-13-3-1-4-14(11-13)17-8-6-16-5-2-9-18-10-7-16/h1,3-4,11H,2,5-10,12,15H2. The van der Waals surface area contributed by atoms with E-state index in [4.69, 9.17) is 10.5 Å². The van der Waals surface area contributed by atoms with Gasteiger partial charge in [-0.25, -0.2) is 0 Å². The fourth-order valence-electron chi connectivity index (χ4n) is 2.08. The Balaban J connectivity index is 1.73. The van der Waals surface area contributed by atoms with E-state index >= 15 is 0 Å². The molecule has 0 aliphatic carbocycles. The van der Waals surface area contributed by atoms with Crippen molar-refractivity contribution >= 4 is 11.8 Å². The lowest BCUT2D eigenvalue weighted by Gasteiger charge is -2.19. The van der Waals surface area contributed by atoms with Gasteiger partial charge in [-0.1, -0.05) is 12.1 Å². The molecule has 0 aromatic heterocycles. The molecule has 2 N–H and O–H groups in total. The lowest BCUT2D eigenvalue weighted by molar-refractivity contribution is 0.219. The van der Waals surface area contributed by atoms with Gasteiger partial charge >= 0.3 is 0 Å². The Morgan fingerprint density at radius 2 is 2.22 bits per heavy atom. The average molecular weight is 266 g/mol. The molecule has 2 rings (SSSR count). The molecule has 0 saturated carbocycles. The van der Waals surface area contributed by atoms with Crippen molar-refractivity contribution in [2.75, 3.05) is 37.7 Å². The summed E-state index contributed by atoms with van der Waals surface area (Å²) in [5, 5.41) is 0. The number of hydrogen-bond donors (Lipinski definition) is 1. The van der Waals surface area contributed by atoms with E-state index in [1.807, 2.05) is 24.3 Å². The van der Waals surface area contributed by atoms with Gasteiger partial charge in [-0.05, 0) is 36.4 Å². The molecule has 18 heavy (non-hydrogen) atoms. The fourth-order valence-corrected chi connectivity index (χ4v) is 3.00. The van der Waals surface area contributed by atoms with Crippen LogP contribution in [-0.4, -0.2) is 42.6 Å². The van der Waals surface area contributed by atoms with Crippen molar-refractivity contribution in [2.24, 2.45) is 5.73 Å². The third-order valence-electron chi connectivity index (χ3n) is 3.13. The van der Waals surface area contributed by atoms with Gasteiger partial charge in [0.25, 0.3) is 0 Å². The van der Waals surface area contributed by atoms with Crippen molar-refractivity contribution in [3.63, 3.8) is 0 Å². The maximum Gasteiger partial charge on any atom is 0.119 e. The molecule has 1 fully saturated rings. The minimum Gasteiger partial charge on any atom is -0.492 e. The quantitative estimate of drug-likeness (QED) is 0.884. The smallest absolute Gasteiger partial charge is 0.119 e. The van der Waals surface area contributed by atoms with Crippen molar-refractivity contribution in [1.29, 1.82) is 0 Å². The van der Waals surface area contributed by atoms with E-state index in [-0.39, 0.29) is 0 Å². The maximum absolute atomic E-state index is 5.79. The Labute approximate surface area is 114 Å². The number of nitrogens with zero attached hydrogens (tertiary/aromatic N) is 1. The summed E-state index contributed by atoms with van der Waals surface area (Å²) in [5.41, 5.74) is 6.74. The molecule has 1 aliphatic heterocycles. The Morgan fingerprint density at radius 3 is 3.11 bits per heavy atom. The number of thioether (sulfide) groups is 1. The van der Waals surface area contributed by atoms with Crippen LogP contribution >= 0.6 is 11.8 Å². The molecule has 1 aromatic carbocycles. The van der Waals surface area contributed by atoms with Crippen molar-refractivity contribution in [2.45, 2.75) is 13.0 Å². The summed E-state index contributed by atoms with van der Waals surface area (Å²) < 4.78 is 5.79. The molecule has 3 nitrogen and oxygen atoms in total. The first-order valence-corrected chi connectivity index (χ1v) is 7.76. The van der Waals surface area contributed by atoms with E-state index in [1.54, 1.807) is 0 Å². The van der Waals surface area contributed by atoms with Crippen LogP contribution in [0.3, 0.4) is 0 Å². The van der Waals surface area contributed by atoms with Gasteiger partial charge in [-0.2, -0.15) is 11.8 Å². The second-order valence-corrected chi connectivity index (χ2v) is 5.73. The van der Waals surface area contributed by atoms with Crippen LogP contribution in [0.2, 0.25) is 0 Å². The molecule has 1 aliphatic rings. The summed E-state index contributed by atoms with van der Waals surface area (Å²) in [6.45, 7) is 4.75. The zero-order chi connectivity index (χ0) is 12.6. The summed E-state index contributed by atoms with van der Waals surface area (Å²) >= 11 is 2.06. The normalized spacial score (nSPS) is 17.4. The van der Waals surface area contributed by atoms with Crippen LogP contribution in [0.1, 0.15) is 12.0 Å². The molecular weight excluding hydrogens is 244 g/mol. The third kappa shape index (κ3) is 4.52. The van der Waals surface area contributed by atoms with Crippen molar-refractivity contribution in [3.8, 4) is 5.75 Å². The molecule has 0 bridgehead atoms. The lowest BCUT2D eigenvalue weighted by Crippen LogP contribution is -2.30. The Morgan fingerprint density at radius 1 is 1.28 bits per heavy atom. The van der Waals surface area contributed by atoms with Crippen LogP contribution in [0, 0.1) is 0 Å². The summed E-state index contributed by atoms with van der Waals surface area (Å²) in [7, 11) is 0. The van der Waals surface area contributed by atoms with E-state index in [0.29, 0.717) is 6.54 Å². The molecule has 1 aromatic rings. The molecule has 0 radical (unpaired) electrons. The van der Waals surface area contributed by atoms with Crippen LogP contribution in [0.4, 0.5) is 0 Å². The molecule has 0 unspecified atom stereocenters. The predicted octanol–water partition coefficient (Wildman–Crippen LogP) is 1.96. The maximum atomic E-state index is 5.79. The second-order valence-electron chi connectivity index (χ2n) is 4.51. The van der Waals surface area contributed by atoms with Crippen LogP contribution in [0.25, 0.3) is 0 Å². The minimum absolute atomic E-state index is 0.570. The highest BCUT2D eigenvalue weighted by Gasteiger charge is 2.08. The molecule has 1 saturated heterocycles. The van der Waals surface area contributed by atoms with Gasteiger partial charge in [0, 0.05) is 25.4 Å². The fraction of sp³-hybridized carbons (Fsp3) is 0.571. The third-order valence-corrected chi connectivity index (χ3v) is 4.17.